The Morgan fingerprint density at radius 3 is 2.23 bits per heavy atom. The molecule has 0 aliphatic heterocycles. The lowest BCUT2D eigenvalue weighted by molar-refractivity contribution is 0.193. The molecule has 0 radical (unpaired) electrons. The van der Waals surface area contributed by atoms with Crippen LogP contribution in [0, 0.1) is 0 Å². The Labute approximate surface area is 96.2 Å². The molecule has 0 aromatic heterocycles. The Morgan fingerprint density at radius 1 is 1.15 bits per heavy atom. The maximum atomic E-state index is 9.48. The molecule has 1 rings (SSSR count). The van der Waals surface area contributed by atoms with Crippen LogP contribution in [0.25, 0.3) is 0 Å². The van der Waals surface area contributed by atoms with Crippen LogP contribution in [0.5, 0.6) is 0 Å². The standard InChI is InChI=1S/C8H6Cl4O/c9-4-1-2-5(6(10)3-4)7(13)8(11)12/h1-3,7-8,13H. The molecule has 1 unspecified atom stereocenters. The summed E-state index contributed by atoms with van der Waals surface area (Å²) in [7, 11) is 0. The van der Waals surface area contributed by atoms with Crippen LogP contribution in [0.3, 0.4) is 0 Å². The Balaban J connectivity index is 3.01. The number of hydrogen-bond donors (Lipinski definition) is 1. The van der Waals surface area contributed by atoms with Crippen LogP contribution in [-0.4, -0.2) is 9.94 Å². The number of benzene rings is 1. The smallest absolute Gasteiger partial charge is 0.137 e. The molecule has 72 valence electrons. The highest BCUT2D eigenvalue weighted by Gasteiger charge is 2.18. The maximum absolute atomic E-state index is 9.48. The van der Waals surface area contributed by atoms with Crippen molar-refractivity contribution in [3.63, 3.8) is 0 Å². The van der Waals surface area contributed by atoms with Gasteiger partial charge in [0.05, 0.1) is 0 Å². The molecule has 0 bridgehead atoms. The largest absolute Gasteiger partial charge is 0.386 e. The van der Waals surface area contributed by atoms with Crippen LogP contribution in [0.15, 0.2) is 18.2 Å². The molecule has 5 heteroatoms. The Bertz CT molecular complexity index is 300. The second-order valence-electron chi connectivity index (χ2n) is 2.45. The van der Waals surface area contributed by atoms with E-state index < -0.39 is 10.9 Å². The van der Waals surface area contributed by atoms with Crippen LogP contribution in [0.2, 0.25) is 10.0 Å². The summed E-state index contributed by atoms with van der Waals surface area (Å²) in [4.78, 5) is -0.904. The molecule has 0 saturated carbocycles. The zero-order valence-electron chi connectivity index (χ0n) is 6.35. The van der Waals surface area contributed by atoms with Gasteiger partial charge in [-0.05, 0) is 12.1 Å². The molecule has 13 heavy (non-hydrogen) atoms. The lowest BCUT2D eigenvalue weighted by atomic mass is 10.1. The van der Waals surface area contributed by atoms with Gasteiger partial charge >= 0.3 is 0 Å². The third kappa shape index (κ3) is 2.90. The van der Waals surface area contributed by atoms with Crippen LogP contribution >= 0.6 is 46.4 Å². The topological polar surface area (TPSA) is 20.2 Å². The zero-order valence-corrected chi connectivity index (χ0v) is 9.37. The van der Waals surface area contributed by atoms with Gasteiger partial charge in [0, 0.05) is 15.6 Å². The quantitative estimate of drug-likeness (QED) is 0.801. The zero-order chi connectivity index (χ0) is 10.0. The first-order chi connectivity index (χ1) is 6.02. The summed E-state index contributed by atoms with van der Waals surface area (Å²) in [6.07, 6.45) is -0.993. The van der Waals surface area contributed by atoms with E-state index in [4.69, 9.17) is 46.4 Å². The van der Waals surface area contributed by atoms with Gasteiger partial charge in [-0.1, -0.05) is 29.3 Å². The molecule has 1 atom stereocenters. The highest BCUT2D eigenvalue weighted by atomic mass is 35.5. The van der Waals surface area contributed by atoms with Gasteiger partial charge in [0.2, 0.25) is 0 Å². The van der Waals surface area contributed by atoms with Gasteiger partial charge in [0.15, 0.2) is 0 Å². The summed E-state index contributed by atoms with van der Waals surface area (Å²) in [5, 5.41) is 10.3. The van der Waals surface area contributed by atoms with Gasteiger partial charge in [-0.3, -0.25) is 0 Å². The Hall–Kier alpha value is 0.340. The van der Waals surface area contributed by atoms with E-state index in [-0.39, 0.29) is 0 Å². The van der Waals surface area contributed by atoms with Crippen LogP contribution < -0.4 is 0 Å². The Kier molecular flexibility index (Phi) is 4.14. The minimum Gasteiger partial charge on any atom is -0.386 e. The molecule has 1 N–H and O–H groups in total. The van der Waals surface area contributed by atoms with E-state index >= 15 is 0 Å². The fraction of sp³-hybridized carbons (Fsp3) is 0.250. The molecular formula is C8H6Cl4O. The first kappa shape index (κ1) is 11.4. The average molecular weight is 260 g/mol. The van der Waals surface area contributed by atoms with Crippen molar-refractivity contribution in [3.05, 3.63) is 33.8 Å². The van der Waals surface area contributed by atoms with Crippen LogP contribution in [0.1, 0.15) is 11.7 Å². The minimum absolute atomic E-state index is 0.353. The second kappa shape index (κ2) is 4.72. The van der Waals surface area contributed by atoms with Gasteiger partial charge in [0.1, 0.15) is 10.9 Å². The van der Waals surface area contributed by atoms with Gasteiger partial charge in [-0.25, -0.2) is 0 Å². The van der Waals surface area contributed by atoms with Crippen molar-refractivity contribution in [2.75, 3.05) is 0 Å². The maximum Gasteiger partial charge on any atom is 0.137 e. The molecule has 0 aliphatic rings. The van der Waals surface area contributed by atoms with Crippen molar-refractivity contribution in [1.29, 1.82) is 0 Å². The van der Waals surface area contributed by atoms with E-state index in [9.17, 15) is 5.11 Å². The molecule has 0 saturated heterocycles. The molecule has 0 aliphatic carbocycles. The van der Waals surface area contributed by atoms with Crippen molar-refractivity contribution in [3.8, 4) is 0 Å². The van der Waals surface area contributed by atoms with E-state index in [1.165, 1.54) is 6.07 Å². The number of rotatable bonds is 2. The number of aliphatic hydroxyl groups is 1. The van der Waals surface area contributed by atoms with Crippen molar-refractivity contribution >= 4 is 46.4 Å². The summed E-state index contributed by atoms with van der Waals surface area (Å²) >= 11 is 22.5. The predicted octanol–water partition coefficient (Wildman–Crippen LogP) is 3.83. The van der Waals surface area contributed by atoms with E-state index in [0.717, 1.165) is 0 Å². The van der Waals surface area contributed by atoms with Gasteiger partial charge in [-0.2, -0.15) is 0 Å². The second-order valence-corrected chi connectivity index (χ2v) is 4.45. The molecule has 0 fully saturated rings. The minimum atomic E-state index is -0.993. The highest BCUT2D eigenvalue weighted by Crippen LogP contribution is 2.31. The highest BCUT2D eigenvalue weighted by molar-refractivity contribution is 6.44. The lowest BCUT2D eigenvalue weighted by Gasteiger charge is -2.13. The van der Waals surface area contributed by atoms with Crippen molar-refractivity contribution in [2.24, 2.45) is 0 Å². The third-order valence-corrected chi connectivity index (χ3v) is 2.56. The molecule has 1 aromatic carbocycles. The number of alkyl halides is 2. The van der Waals surface area contributed by atoms with Gasteiger partial charge < -0.3 is 5.11 Å². The van der Waals surface area contributed by atoms with Crippen molar-refractivity contribution < 1.29 is 5.11 Å². The van der Waals surface area contributed by atoms with E-state index in [1.54, 1.807) is 12.1 Å². The first-order valence-electron chi connectivity index (χ1n) is 3.43. The summed E-state index contributed by atoms with van der Waals surface area (Å²) in [5.41, 5.74) is 0.473. The Morgan fingerprint density at radius 2 is 1.77 bits per heavy atom. The molecule has 0 spiro atoms. The molecule has 1 aromatic rings. The van der Waals surface area contributed by atoms with Crippen LogP contribution in [-0.2, 0) is 0 Å². The number of hydrogen-bond acceptors (Lipinski definition) is 1. The number of aliphatic hydroxyl groups excluding tert-OH is 1. The SMILES string of the molecule is OC(c1ccc(Cl)cc1Cl)C(Cl)Cl. The monoisotopic (exact) mass is 258 g/mol. The summed E-state index contributed by atoms with van der Waals surface area (Å²) in [5.74, 6) is 0. The molecule has 0 amide bonds. The fourth-order valence-corrected chi connectivity index (χ4v) is 1.67. The first-order valence-corrected chi connectivity index (χ1v) is 5.06. The van der Waals surface area contributed by atoms with Gasteiger partial charge in [-0.15, -0.1) is 23.2 Å². The summed E-state index contributed by atoms with van der Waals surface area (Å²) in [6.45, 7) is 0. The summed E-state index contributed by atoms with van der Waals surface area (Å²) in [6, 6.07) is 4.73. The lowest BCUT2D eigenvalue weighted by Crippen LogP contribution is -2.06. The van der Waals surface area contributed by atoms with Crippen molar-refractivity contribution in [1.82, 2.24) is 0 Å². The van der Waals surface area contributed by atoms with Crippen LogP contribution in [0.4, 0.5) is 0 Å². The van der Waals surface area contributed by atoms with E-state index in [0.29, 0.717) is 15.6 Å². The van der Waals surface area contributed by atoms with E-state index in [2.05, 4.69) is 0 Å². The van der Waals surface area contributed by atoms with Gasteiger partial charge in [0.25, 0.3) is 0 Å². The molecular weight excluding hydrogens is 254 g/mol. The van der Waals surface area contributed by atoms with E-state index in [1.807, 2.05) is 0 Å². The average Bonchev–Trinajstić information content (AvgIpc) is 2.03. The summed E-state index contributed by atoms with van der Waals surface area (Å²) < 4.78 is 0. The normalized spacial score (nSPS) is 13.4. The molecule has 1 nitrogen and oxygen atoms in total. The molecule has 0 heterocycles. The fourth-order valence-electron chi connectivity index (χ4n) is 0.877. The predicted molar refractivity (Wildman–Crippen MR) is 56.9 cm³/mol. The third-order valence-electron chi connectivity index (χ3n) is 1.52. The van der Waals surface area contributed by atoms with Crippen molar-refractivity contribution in [2.45, 2.75) is 10.9 Å². The number of halogens is 4.